The van der Waals surface area contributed by atoms with Crippen molar-refractivity contribution in [3.05, 3.63) is 35.9 Å². The third kappa shape index (κ3) is 3.28. The van der Waals surface area contributed by atoms with Crippen LogP contribution < -0.4 is 15.2 Å². The number of rotatable bonds is 5. The Hall–Kier alpha value is -1.48. The molecule has 16 heavy (non-hydrogen) atoms. The molecule has 1 atom stereocenters. The van der Waals surface area contributed by atoms with Gasteiger partial charge in [0.25, 0.3) is 0 Å². The molecule has 0 saturated heterocycles. The summed E-state index contributed by atoms with van der Waals surface area (Å²) < 4.78 is 10.8. The van der Waals surface area contributed by atoms with Gasteiger partial charge in [0.15, 0.2) is 0 Å². The Morgan fingerprint density at radius 1 is 1.44 bits per heavy atom. The second-order valence-corrected chi connectivity index (χ2v) is 3.57. The summed E-state index contributed by atoms with van der Waals surface area (Å²) in [7, 11) is 1.64. The van der Waals surface area contributed by atoms with Crippen molar-refractivity contribution in [2.45, 2.75) is 19.9 Å². The molecule has 1 aromatic rings. The molecule has 2 N–H and O–H groups in total. The maximum absolute atomic E-state index is 5.87. The van der Waals surface area contributed by atoms with Crippen LogP contribution in [0.5, 0.6) is 11.5 Å². The van der Waals surface area contributed by atoms with Crippen LogP contribution >= 0.6 is 0 Å². The van der Waals surface area contributed by atoms with E-state index in [-0.39, 0.29) is 6.04 Å². The number of allylic oxidation sites excluding steroid dienone is 1. The van der Waals surface area contributed by atoms with Gasteiger partial charge in [-0.1, -0.05) is 18.2 Å². The molecule has 0 heterocycles. The largest absolute Gasteiger partial charge is 0.497 e. The molecule has 0 aliphatic rings. The fourth-order valence-corrected chi connectivity index (χ4v) is 1.38. The molecule has 0 aliphatic carbocycles. The lowest BCUT2D eigenvalue weighted by Crippen LogP contribution is -2.08. The van der Waals surface area contributed by atoms with Gasteiger partial charge in [0.1, 0.15) is 18.1 Å². The van der Waals surface area contributed by atoms with Gasteiger partial charge >= 0.3 is 0 Å². The van der Waals surface area contributed by atoms with E-state index in [1.807, 2.05) is 44.2 Å². The van der Waals surface area contributed by atoms with Gasteiger partial charge in [-0.3, -0.25) is 0 Å². The van der Waals surface area contributed by atoms with Crippen molar-refractivity contribution in [2.24, 2.45) is 5.73 Å². The van der Waals surface area contributed by atoms with Crippen LogP contribution in [-0.2, 0) is 0 Å². The molecule has 0 aromatic heterocycles. The zero-order valence-corrected chi connectivity index (χ0v) is 10.1. The normalized spacial score (nSPS) is 12.8. The fourth-order valence-electron chi connectivity index (χ4n) is 1.38. The number of hydrogen-bond acceptors (Lipinski definition) is 3. The van der Waals surface area contributed by atoms with Crippen molar-refractivity contribution >= 4 is 0 Å². The maximum Gasteiger partial charge on any atom is 0.128 e. The summed E-state index contributed by atoms with van der Waals surface area (Å²) >= 11 is 0. The van der Waals surface area contributed by atoms with Gasteiger partial charge in [-0.05, 0) is 19.9 Å². The van der Waals surface area contributed by atoms with E-state index in [0.29, 0.717) is 6.61 Å². The SMILES string of the molecule is C/C=C/COc1cc(OC)ccc1[C@@H](C)N. The van der Waals surface area contributed by atoms with Crippen molar-refractivity contribution in [3.63, 3.8) is 0 Å². The third-order valence-electron chi connectivity index (χ3n) is 2.28. The lowest BCUT2D eigenvalue weighted by atomic mass is 10.1. The van der Waals surface area contributed by atoms with Gasteiger partial charge < -0.3 is 15.2 Å². The van der Waals surface area contributed by atoms with Crippen molar-refractivity contribution in [3.8, 4) is 11.5 Å². The number of ether oxygens (including phenoxy) is 2. The smallest absolute Gasteiger partial charge is 0.128 e. The van der Waals surface area contributed by atoms with Gasteiger partial charge in [-0.2, -0.15) is 0 Å². The molecule has 3 nitrogen and oxygen atoms in total. The van der Waals surface area contributed by atoms with Gasteiger partial charge in [-0.25, -0.2) is 0 Å². The van der Waals surface area contributed by atoms with E-state index >= 15 is 0 Å². The van der Waals surface area contributed by atoms with Gasteiger partial charge in [0, 0.05) is 17.7 Å². The molecule has 0 radical (unpaired) electrons. The molecule has 0 amide bonds. The quantitative estimate of drug-likeness (QED) is 0.777. The molecule has 0 fully saturated rings. The van der Waals surface area contributed by atoms with Crippen molar-refractivity contribution < 1.29 is 9.47 Å². The number of hydrogen-bond donors (Lipinski definition) is 1. The van der Waals surface area contributed by atoms with E-state index < -0.39 is 0 Å². The van der Waals surface area contributed by atoms with Crippen molar-refractivity contribution in [1.29, 1.82) is 0 Å². The summed E-state index contributed by atoms with van der Waals surface area (Å²) in [5.74, 6) is 1.56. The summed E-state index contributed by atoms with van der Waals surface area (Å²) in [6, 6.07) is 5.64. The molecule has 0 saturated carbocycles. The average Bonchev–Trinajstić information content (AvgIpc) is 2.29. The van der Waals surface area contributed by atoms with E-state index in [1.165, 1.54) is 0 Å². The molecule has 0 unspecified atom stereocenters. The minimum absolute atomic E-state index is 0.0495. The summed E-state index contributed by atoms with van der Waals surface area (Å²) in [4.78, 5) is 0. The van der Waals surface area contributed by atoms with E-state index in [9.17, 15) is 0 Å². The Labute approximate surface area is 96.9 Å². The first-order chi connectivity index (χ1) is 7.69. The van der Waals surface area contributed by atoms with E-state index in [0.717, 1.165) is 17.1 Å². The molecular weight excluding hydrogens is 202 g/mol. The minimum atomic E-state index is -0.0495. The van der Waals surface area contributed by atoms with E-state index in [4.69, 9.17) is 15.2 Å². The Bertz CT molecular complexity index is 359. The second kappa shape index (κ2) is 6.18. The molecule has 3 heteroatoms. The Morgan fingerprint density at radius 3 is 2.75 bits per heavy atom. The highest BCUT2D eigenvalue weighted by atomic mass is 16.5. The fraction of sp³-hybridized carbons (Fsp3) is 0.385. The summed E-state index contributed by atoms with van der Waals surface area (Å²) in [6.07, 6.45) is 3.90. The Kier molecular flexibility index (Phi) is 4.86. The van der Waals surface area contributed by atoms with Crippen LogP contribution in [0.1, 0.15) is 25.5 Å². The number of methoxy groups -OCH3 is 1. The molecule has 0 bridgehead atoms. The summed E-state index contributed by atoms with van der Waals surface area (Å²) in [5.41, 5.74) is 6.86. The van der Waals surface area contributed by atoms with E-state index in [1.54, 1.807) is 7.11 Å². The van der Waals surface area contributed by atoms with Gasteiger partial charge in [0.2, 0.25) is 0 Å². The second-order valence-electron chi connectivity index (χ2n) is 3.57. The zero-order chi connectivity index (χ0) is 12.0. The lowest BCUT2D eigenvalue weighted by Gasteiger charge is -2.14. The topological polar surface area (TPSA) is 44.5 Å². The highest BCUT2D eigenvalue weighted by molar-refractivity contribution is 5.42. The summed E-state index contributed by atoms with van der Waals surface area (Å²) in [6.45, 7) is 4.44. The molecule has 1 rings (SSSR count). The highest BCUT2D eigenvalue weighted by Gasteiger charge is 2.09. The van der Waals surface area contributed by atoms with Crippen molar-refractivity contribution in [1.82, 2.24) is 0 Å². The van der Waals surface area contributed by atoms with Crippen LogP contribution in [0.25, 0.3) is 0 Å². The maximum atomic E-state index is 5.87. The predicted molar refractivity (Wildman–Crippen MR) is 65.9 cm³/mol. The first-order valence-electron chi connectivity index (χ1n) is 5.36. The lowest BCUT2D eigenvalue weighted by molar-refractivity contribution is 0.351. The van der Waals surface area contributed by atoms with Crippen LogP contribution in [0.3, 0.4) is 0 Å². The monoisotopic (exact) mass is 221 g/mol. The average molecular weight is 221 g/mol. The van der Waals surface area contributed by atoms with Gasteiger partial charge in [-0.15, -0.1) is 0 Å². The molecule has 0 spiro atoms. The first-order valence-corrected chi connectivity index (χ1v) is 5.36. The third-order valence-corrected chi connectivity index (χ3v) is 2.28. The standard InChI is InChI=1S/C13H19NO2/c1-4-5-8-16-13-9-11(15-3)6-7-12(13)10(2)14/h4-7,9-10H,8,14H2,1-3H3/b5-4+/t10-/m1/s1. The number of nitrogens with two attached hydrogens (primary N) is 1. The van der Waals surface area contributed by atoms with Crippen LogP contribution in [0.15, 0.2) is 30.4 Å². The van der Waals surface area contributed by atoms with Crippen LogP contribution in [-0.4, -0.2) is 13.7 Å². The van der Waals surface area contributed by atoms with Crippen LogP contribution in [0, 0.1) is 0 Å². The Morgan fingerprint density at radius 2 is 2.19 bits per heavy atom. The molecule has 1 aromatic carbocycles. The molecule has 88 valence electrons. The van der Waals surface area contributed by atoms with Crippen molar-refractivity contribution in [2.75, 3.05) is 13.7 Å². The van der Waals surface area contributed by atoms with Gasteiger partial charge in [0.05, 0.1) is 7.11 Å². The summed E-state index contributed by atoms with van der Waals surface area (Å²) in [5, 5.41) is 0. The molecular formula is C13H19NO2. The van der Waals surface area contributed by atoms with Crippen LogP contribution in [0.4, 0.5) is 0 Å². The number of benzene rings is 1. The van der Waals surface area contributed by atoms with E-state index in [2.05, 4.69) is 0 Å². The first kappa shape index (κ1) is 12.6. The predicted octanol–water partition coefficient (Wildman–Crippen LogP) is 2.67. The highest BCUT2D eigenvalue weighted by Crippen LogP contribution is 2.28. The molecule has 0 aliphatic heterocycles. The minimum Gasteiger partial charge on any atom is -0.497 e. The van der Waals surface area contributed by atoms with Crippen LogP contribution in [0.2, 0.25) is 0 Å². The zero-order valence-electron chi connectivity index (χ0n) is 10.1. The Balaban J connectivity index is 2.91.